The number of nitrogens with one attached hydrogen (secondary N) is 2. The van der Waals surface area contributed by atoms with Gasteiger partial charge in [-0.25, -0.2) is 9.97 Å². The number of likely N-dealkylation sites (tertiary alicyclic amines) is 1. The highest BCUT2D eigenvalue weighted by Crippen LogP contribution is 2.22. The summed E-state index contributed by atoms with van der Waals surface area (Å²) in [6.45, 7) is 2.22. The Morgan fingerprint density at radius 1 is 1.30 bits per heavy atom. The Bertz CT molecular complexity index is 783. The van der Waals surface area contributed by atoms with Crippen molar-refractivity contribution in [2.24, 2.45) is 0 Å². The van der Waals surface area contributed by atoms with Gasteiger partial charge in [-0.2, -0.15) is 0 Å². The highest BCUT2D eigenvalue weighted by atomic mass is 35.5. The first-order valence-corrected chi connectivity index (χ1v) is 9.54. The van der Waals surface area contributed by atoms with Gasteiger partial charge in [-0.1, -0.05) is 23.2 Å². The molecule has 2 heterocycles. The Labute approximate surface area is 168 Å². The first-order valence-electron chi connectivity index (χ1n) is 8.78. The number of anilines is 2. The van der Waals surface area contributed by atoms with E-state index in [4.69, 9.17) is 28.9 Å². The second-order valence-electron chi connectivity index (χ2n) is 6.48. The molecule has 4 N–H and O–H groups in total. The third-order valence-electron chi connectivity index (χ3n) is 4.38. The quantitative estimate of drug-likeness (QED) is 0.679. The van der Waals surface area contributed by atoms with E-state index >= 15 is 0 Å². The van der Waals surface area contributed by atoms with Crippen molar-refractivity contribution in [3.8, 4) is 0 Å². The zero-order valence-corrected chi connectivity index (χ0v) is 16.3. The van der Waals surface area contributed by atoms with Crippen molar-refractivity contribution in [2.75, 3.05) is 30.7 Å². The molecule has 1 atom stereocenters. The van der Waals surface area contributed by atoms with Crippen LogP contribution in [0.4, 0.5) is 11.6 Å². The van der Waals surface area contributed by atoms with Crippen LogP contribution in [0.1, 0.15) is 18.5 Å². The number of hydrogen-bond acceptors (Lipinski definition) is 6. The smallest absolute Gasteiger partial charge is 0.241 e. The largest absolute Gasteiger partial charge is 0.376 e. The van der Waals surface area contributed by atoms with Gasteiger partial charge in [-0.3, -0.25) is 4.79 Å². The van der Waals surface area contributed by atoms with Gasteiger partial charge in [0.1, 0.15) is 0 Å². The Hall–Kier alpha value is -2.09. The predicted molar refractivity (Wildman–Crippen MR) is 108 cm³/mol. The summed E-state index contributed by atoms with van der Waals surface area (Å²) in [4.78, 5) is 22.5. The number of amides is 1. The van der Waals surface area contributed by atoms with Crippen molar-refractivity contribution in [1.29, 1.82) is 0 Å². The number of carbonyl (C=O) groups is 1. The van der Waals surface area contributed by atoms with Crippen LogP contribution in [-0.2, 0) is 11.3 Å². The number of hydrogen-bond donors (Lipinski definition) is 3. The fourth-order valence-electron chi connectivity index (χ4n) is 3.08. The van der Waals surface area contributed by atoms with Crippen molar-refractivity contribution in [3.05, 3.63) is 46.2 Å². The van der Waals surface area contributed by atoms with Gasteiger partial charge in [-0.15, -0.1) is 0 Å². The van der Waals surface area contributed by atoms with Gasteiger partial charge in [0, 0.05) is 47.6 Å². The maximum atomic E-state index is 12.5. The molecular formula is C18H22Cl2N6O. The van der Waals surface area contributed by atoms with Crippen LogP contribution in [0.3, 0.4) is 0 Å². The molecule has 0 unspecified atom stereocenters. The van der Waals surface area contributed by atoms with E-state index in [9.17, 15) is 4.79 Å². The van der Waals surface area contributed by atoms with Crippen LogP contribution < -0.4 is 16.4 Å². The molecule has 7 nitrogen and oxygen atoms in total. The van der Waals surface area contributed by atoms with Gasteiger partial charge in [0.25, 0.3) is 0 Å². The number of halogens is 2. The van der Waals surface area contributed by atoms with E-state index in [-0.39, 0.29) is 24.4 Å². The third kappa shape index (κ3) is 5.95. The zero-order valence-electron chi connectivity index (χ0n) is 14.8. The molecule has 0 bridgehead atoms. The highest BCUT2D eigenvalue weighted by Gasteiger charge is 2.23. The Morgan fingerprint density at radius 2 is 2.07 bits per heavy atom. The first kappa shape index (κ1) is 19.7. The maximum absolute atomic E-state index is 12.5. The summed E-state index contributed by atoms with van der Waals surface area (Å²) in [6.07, 6.45) is 3.61. The van der Waals surface area contributed by atoms with Crippen molar-refractivity contribution in [3.63, 3.8) is 0 Å². The van der Waals surface area contributed by atoms with Crippen molar-refractivity contribution < 1.29 is 4.79 Å². The summed E-state index contributed by atoms with van der Waals surface area (Å²) >= 11 is 12.0. The Kier molecular flexibility index (Phi) is 6.71. The number of nitrogens with zero attached hydrogens (tertiary/aromatic N) is 3. The SMILES string of the molecule is Nc1nccc(CN[C@H]2CCCN(C(=O)CNc3cc(Cl)cc(Cl)c3)C2)n1. The maximum Gasteiger partial charge on any atom is 0.241 e. The van der Waals surface area contributed by atoms with Gasteiger partial charge < -0.3 is 21.3 Å². The van der Waals surface area contributed by atoms with Crippen molar-refractivity contribution >= 4 is 40.7 Å². The Morgan fingerprint density at radius 3 is 2.81 bits per heavy atom. The molecule has 0 spiro atoms. The molecule has 1 saturated heterocycles. The summed E-state index contributed by atoms with van der Waals surface area (Å²) < 4.78 is 0. The molecule has 3 rings (SSSR count). The fourth-order valence-corrected chi connectivity index (χ4v) is 3.60. The number of piperidine rings is 1. The minimum atomic E-state index is 0.0453. The van der Waals surface area contributed by atoms with Crippen LogP contribution in [0.15, 0.2) is 30.5 Å². The fraction of sp³-hybridized carbons (Fsp3) is 0.389. The number of nitrogens with two attached hydrogens (primary N) is 1. The zero-order chi connectivity index (χ0) is 19.2. The molecule has 144 valence electrons. The molecule has 27 heavy (non-hydrogen) atoms. The van der Waals surface area contributed by atoms with Gasteiger partial charge in [0.15, 0.2) is 0 Å². The molecule has 2 aromatic rings. The van der Waals surface area contributed by atoms with Gasteiger partial charge >= 0.3 is 0 Å². The number of nitrogen functional groups attached to an aromatic ring is 1. The summed E-state index contributed by atoms with van der Waals surface area (Å²) in [6, 6.07) is 7.19. The van der Waals surface area contributed by atoms with E-state index < -0.39 is 0 Å². The summed E-state index contributed by atoms with van der Waals surface area (Å²) in [5.41, 5.74) is 7.17. The van der Waals surface area contributed by atoms with E-state index in [1.165, 1.54) is 0 Å². The molecule has 0 aliphatic carbocycles. The monoisotopic (exact) mass is 408 g/mol. The average Bonchev–Trinajstić information content (AvgIpc) is 2.64. The van der Waals surface area contributed by atoms with E-state index in [0.29, 0.717) is 23.1 Å². The Balaban J connectivity index is 1.48. The van der Waals surface area contributed by atoms with Crippen LogP contribution in [-0.4, -0.2) is 46.5 Å². The second-order valence-corrected chi connectivity index (χ2v) is 7.35. The van der Waals surface area contributed by atoms with E-state index in [2.05, 4.69) is 20.6 Å². The molecule has 1 aromatic heterocycles. The number of benzene rings is 1. The molecule has 1 aromatic carbocycles. The summed E-state index contributed by atoms with van der Waals surface area (Å²) in [7, 11) is 0. The van der Waals surface area contributed by atoms with Gasteiger partial charge in [0.2, 0.25) is 11.9 Å². The highest BCUT2D eigenvalue weighted by molar-refractivity contribution is 6.35. The molecule has 1 amide bonds. The number of carbonyl (C=O) groups excluding carboxylic acids is 1. The lowest BCUT2D eigenvalue weighted by atomic mass is 10.1. The molecule has 1 aliphatic rings. The van der Waals surface area contributed by atoms with E-state index in [0.717, 1.165) is 30.8 Å². The van der Waals surface area contributed by atoms with Crippen LogP contribution in [0, 0.1) is 0 Å². The third-order valence-corrected chi connectivity index (χ3v) is 4.82. The van der Waals surface area contributed by atoms with Crippen LogP contribution in [0.5, 0.6) is 0 Å². The van der Waals surface area contributed by atoms with Gasteiger partial charge in [-0.05, 0) is 37.1 Å². The molecule has 9 heteroatoms. The van der Waals surface area contributed by atoms with Crippen LogP contribution >= 0.6 is 23.2 Å². The minimum absolute atomic E-state index is 0.0453. The molecule has 1 fully saturated rings. The van der Waals surface area contributed by atoms with Crippen molar-refractivity contribution in [1.82, 2.24) is 20.2 Å². The van der Waals surface area contributed by atoms with Gasteiger partial charge in [0.05, 0.1) is 12.2 Å². The number of rotatable bonds is 6. The van der Waals surface area contributed by atoms with Crippen LogP contribution in [0.25, 0.3) is 0 Å². The first-order chi connectivity index (χ1) is 13.0. The van der Waals surface area contributed by atoms with Crippen molar-refractivity contribution in [2.45, 2.75) is 25.4 Å². The molecule has 0 saturated carbocycles. The predicted octanol–water partition coefficient (Wildman–Crippen LogP) is 2.56. The minimum Gasteiger partial charge on any atom is -0.376 e. The number of aromatic nitrogens is 2. The lowest BCUT2D eigenvalue weighted by Gasteiger charge is -2.33. The molecule has 1 aliphatic heterocycles. The van der Waals surface area contributed by atoms with E-state index in [1.807, 2.05) is 11.0 Å². The molecule has 0 radical (unpaired) electrons. The lowest BCUT2D eigenvalue weighted by molar-refractivity contribution is -0.130. The van der Waals surface area contributed by atoms with Crippen LogP contribution in [0.2, 0.25) is 10.0 Å². The second kappa shape index (κ2) is 9.21. The summed E-state index contributed by atoms with van der Waals surface area (Å²) in [5.74, 6) is 0.311. The average molecular weight is 409 g/mol. The lowest BCUT2D eigenvalue weighted by Crippen LogP contribution is -2.49. The normalized spacial score (nSPS) is 17.0. The summed E-state index contributed by atoms with van der Waals surface area (Å²) in [5, 5.41) is 7.60. The molecular weight excluding hydrogens is 387 g/mol. The van der Waals surface area contributed by atoms with E-state index in [1.54, 1.807) is 24.4 Å². The topological polar surface area (TPSA) is 96.2 Å². The standard InChI is InChI=1S/C18H22Cl2N6O/c19-12-6-13(20)8-16(7-12)24-10-17(27)26-5-1-2-15(11-26)23-9-14-3-4-22-18(21)25-14/h3-4,6-8,15,23-24H,1-2,5,9-11H2,(H2,21,22,25)/t15-/m0/s1.